The quantitative estimate of drug-likeness (QED) is 0.718. The van der Waals surface area contributed by atoms with Crippen LogP contribution in [0.5, 0.6) is 0 Å². The molecule has 0 unspecified atom stereocenters. The number of hydrogen-bond donors (Lipinski definition) is 0. The van der Waals surface area contributed by atoms with Crippen molar-refractivity contribution in [2.75, 3.05) is 0 Å². The third-order valence-corrected chi connectivity index (χ3v) is 3.84. The zero-order valence-electron chi connectivity index (χ0n) is 11.6. The van der Waals surface area contributed by atoms with E-state index in [0.717, 1.165) is 12.8 Å². The van der Waals surface area contributed by atoms with Gasteiger partial charge in [-0.1, -0.05) is 50.3 Å². The Balaban J connectivity index is 1.86. The largest absolute Gasteiger partial charge is 0.459 e. The minimum Gasteiger partial charge on any atom is -0.459 e. The zero-order chi connectivity index (χ0) is 13.3. The van der Waals surface area contributed by atoms with Crippen LogP contribution in [0.1, 0.15) is 68.1 Å². The van der Waals surface area contributed by atoms with Gasteiger partial charge < -0.3 is 4.74 Å². The Morgan fingerprint density at radius 1 is 0.842 bits per heavy atom. The Morgan fingerprint density at radius 3 is 1.95 bits per heavy atom. The topological polar surface area (TPSA) is 26.3 Å². The number of rotatable bonds is 2. The second-order valence-corrected chi connectivity index (χ2v) is 5.45. The Kier molecular flexibility index (Phi) is 5.93. The van der Waals surface area contributed by atoms with Gasteiger partial charge in [0.15, 0.2) is 0 Å². The third-order valence-electron chi connectivity index (χ3n) is 3.84. The van der Waals surface area contributed by atoms with Gasteiger partial charge in [-0.05, 0) is 37.8 Å². The van der Waals surface area contributed by atoms with E-state index in [-0.39, 0.29) is 12.1 Å². The molecule has 0 spiro atoms. The molecule has 1 aliphatic carbocycles. The highest BCUT2D eigenvalue weighted by Gasteiger charge is 2.16. The van der Waals surface area contributed by atoms with Crippen molar-refractivity contribution < 1.29 is 9.53 Å². The van der Waals surface area contributed by atoms with E-state index < -0.39 is 0 Å². The van der Waals surface area contributed by atoms with Gasteiger partial charge in [0.05, 0.1) is 5.56 Å². The highest BCUT2D eigenvalue weighted by molar-refractivity contribution is 5.89. The van der Waals surface area contributed by atoms with E-state index in [1.165, 1.54) is 44.9 Å². The van der Waals surface area contributed by atoms with Crippen LogP contribution in [0.25, 0.3) is 0 Å². The molecule has 2 heteroatoms. The van der Waals surface area contributed by atoms with Crippen molar-refractivity contribution in [3.05, 3.63) is 35.9 Å². The minimum absolute atomic E-state index is 0.116. The summed E-state index contributed by atoms with van der Waals surface area (Å²) in [5.74, 6) is -0.164. The lowest BCUT2D eigenvalue weighted by Gasteiger charge is -2.19. The molecule has 19 heavy (non-hydrogen) atoms. The molecule has 2 nitrogen and oxygen atoms in total. The van der Waals surface area contributed by atoms with Gasteiger partial charge in [0, 0.05) is 0 Å². The maximum Gasteiger partial charge on any atom is 0.338 e. The molecular formula is C17H24O2. The van der Waals surface area contributed by atoms with E-state index in [4.69, 9.17) is 4.74 Å². The van der Waals surface area contributed by atoms with Gasteiger partial charge in [0.1, 0.15) is 6.10 Å². The number of hydrogen-bond acceptors (Lipinski definition) is 2. The summed E-state index contributed by atoms with van der Waals surface area (Å²) in [6.07, 6.45) is 11.1. The van der Waals surface area contributed by atoms with Crippen LogP contribution >= 0.6 is 0 Å². The maximum absolute atomic E-state index is 12.0. The Labute approximate surface area is 116 Å². The highest BCUT2D eigenvalue weighted by atomic mass is 16.5. The summed E-state index contributed by atoms with van der Waals surface area (Å²) in [6.45, 7) is 0. The van der Waals surface area contributed by atoms with Gasteiger partial charge in [0.25, 0.3) is 0 Å². The van der Waals surface area contributed by atoms with Crippen molar-refractivity contribution >= 4 is 5.97 Å². The molecule has 1 aromatic rings. The van der Waals surface area contributed by atoms with Crippen LogP contribution in [0.2, 0.25) is 0 Å². The van der Waals surface area contributed by atoms with E-state index in [2.05, 4.69) is 0 Å². The molecule has 0 N–H and O–H groups in total. The van der Waals surface area contributed by atoms with Gasteiger partial charge in [0.2, 0.25) is 0 Å². The van der Waals surface area contributed by atoms with Crippen molar-refractivity contribution in [1.29, 1.82) is 0 Å². The predicted octanol–water partition coefficient (Wildman–Crippen LogP) is 4.74. The number of carbonyl (C=O) groups is 1. The summed E-state index contributed by atoms with van der Waals surface area (Å²) < 4.78 is 5.67. The second kappa shape index (κ2) is 7.98. The number of ether oxygens (including phenoxy) is 1. The molecule has 0 bridgehead atoms. The minimum atomic E-state index is -0.164. The Morgan fingerprint density at radius 2 is 1.37 bits per heavy atom. The fourth-order valence-corrected chi connectivity index (χ4v) is 2.68. The highest BCUT2D eigenvalue weighted by Crippen LogP contribution is 2.20. The Hall–Kier alpha value is -1.31. The lowest BCUT2D eigenvalue weighted by molar-refractivity contribution is 0.0246. The van der Waals surface area contributed by atoms with Crippen LogP contribution in [0.15, 0.2) is 30.3 Å². The van der Waals surface area contributed by atoms with E-state index in [1.807, 2.05) is 30.3 Å². The molecule has 0 aromatic heterocycles. The molecule has 0 amide bonds. The molecule has 104 valence electrons. The van der Waals surface area contributed by atoms with Crippen LogP contribution < -0.4 is 0 Å². The van der Waals surface area contributed by atoms with E-state index >= 15 is 0 Å². The van der Waals surface area contributed by atoms with Gasteiger partial charge >= 0.3 is 5.97 Å². The van der Waals surface area contributed by atoms with Crippen LogP contribution in [0.4, 0.5) is 0 Å². The first-order valence-electron chi connectivity index (χ1n) is 7.62. The van der Waals surface area contributed by atoms with Crippen LogP contribution in [-0.4, -0.2) is 12.1 Å². The van der Waals surface area contributed by atoms with E-state index in [9.17, 15) is 4.79 Å². The van der Waals surface area contributed by atoms with Crippen LogP contribution in [0, 0.1) is 0 Å². The fourth-order valence-electron chi connectivity index (χ4n) is 2.68. The average Bonchev–Trinajstić information content (AvgIpc) is 2.46. The average molecular weight is 260 g/mol. The monoisotopic (exact) mass is 260 g/mol. The fraction of sp³-hybridized carbons (Fsp3) is 0.588. The second-order valence-electron chi connectivity index (χ2n) is 5.45. The smallest absolute Gasteiger partial charge is 0.338 e. The standard InChI is InChI=1S/C17H24O2/c18-17(15-11-7-6-8-12-15)19-16-13-9-4-2-1-3-5-10-14-16/h6-8,11-12,16H,1-5,9-10,13-14H2. The number of carbonyl (C=O) groups excluding carboxylic acids is 1. The molecule has 1 fully saturated rings. The molecule has 1 aromatic carbocycles. The molecule has 1 saturated carbocycles. The predicted molar refractivity (Wildman–Crippen MR) is 77.2 cm³/mol. The summed E-state index contributed by atoms with van der Waals surface area (Å²) >= 11 is 0. The molecule has 0 saturated heterocycles. The van der Waals surface area contributed by atoms with Crippen molar-refractivity contribution in [2.45, 2.75) is 63.9 Å². The van der Waals surface area contributed by atoms with Gasteiger partial charge in [-0.3, -0.25) is 0 Å². The Bertz CT molecular complexity index is 362. The summed E-state index contributed by atoms with van der Waals surface area (Å²) in [6, 6.07) is 9.32. The molecule has 2 rings (SSSR count). The SMILES string of the molecule is O=C(OC1CCCCCCCCC1)c1ccccc1. The molecule has 0 radical (unpaired) electrons. The van der Waals surface area contributed by atoms with Crippen molar-refractivity contribution in [3.8, 4) is 0 Å². The summed E-state index contributed by atoms with van der Waals surface area (Å²) in [7, 11) is 0. The van der Waals surface area contributed by atoms with E-state index in [1.54, 1.807) is 0 Å². The van der Waals surface area contributed by atoms with E-state index in [0.29, 0.717) is 5.56 Å². The third kappa shape index (κ3) is 5.06. The summed E-state index contributed by atoms with van der Waals surface area (Å²) in [5.41, 5.74) is 0.666. The number of benzene rings is 1. The van der Waals surface area contributed by atoms with Crippen molar-refractivity contribution in [3.63, 3.8) is 0 Å². The lowest BCUT2D eigenvalue weighted by atomic mass is 9.99. The van der Waals surface area contributed by atoms with Gasteiger partial charge in [-0.25, -0.2) is 4.79 Å². The maximum atomic E-state index is 12.0. The number of esters is 1. The van der Waals surface area contributed by atoms with Crippen molar-refractivity contribution in [2.24, 2.45) is 0 Å². The van der Waals surface area contributed by atoms with Crippen LogP contribution in [0.3, 0.4) is 0 Å². The lowest BCUT2D eigenvalue weighted by Crippen LogP contribution is -2.18. The zero-order valence-corrected chi connectivity index (χ0v) is 11.6. The molecule has 0 heterocycles. The van der Waals surface area contributed by atoms with Crippen LogP contribution in [-0.2, 0) is 4.74 Å². The normalized spacial score (nSPS) is 18.7. The van der Waals surface area contributed by atoms with Gasteiger partial charge in [-0.15, -0.1) is 0 Å². The first kappa shape index (κ1) is 14.1. The molecule has 0 atom stereocenters. The first-order valence-corrected chi connectivity index (χ1v) is 7.62. The van der Waals surface area contributed by atoms with Crippen molar-refractivity contribution in [1.82, 2.24) is 0 Å². The van der Waals surface area contributed by atoms with Gasteiger partial charge in [-0.2, -0.15) is 0 Å². The molecular weight excluding hydrogens is 236 g/mol. The molecule has 0 aliphatic heterocycles. The first-order chi connectivity index (χ1) is 9.36. The molecule has 1 aliphatic rings. The summed E-state index contributed by atoms with van der Waals surface area (Å²) in [5, 5.41) is 0. The summed E-state index contributed by atoms with van der Waals surface area (Å²) in [4.78, 5) is 12.0.